The average Bonchev–Trinajstić information content (AvgIpc) is 2.50. The molecule has 8 heteroatoms. The summed E-state index contributed by atoms with van der Waals surface area (Å²) in [6, 6.07) is 4.12. The lowest BCUT2D eigenvalue weighted by Crippen LogP contribution is -2.31. The molecule has 3 rings (SSSR count). The van der Waals surface area contributed by atoms with E-state index in [9.17, 15) is 17.2 Å². The van der Waals surface area contributed by atoms with Crippen LogP contribution in [-0.4, -0.2) is 36.1 Å². The number of benzene rings is 1. The highest BCUT2D eigenvalue weighted by molar-refractivity contribution is 7.90. The van der Waals surface area contributed by atoms with Gasteiger partial charge < -0.3 is 0 Å². The van der Waals surface area contributed by atoms with Gasteiger partial charge in [-0.1, -0.05) is 12.1 Å². The fourth-order valence-electron chi connectivity index (χ4n) is 2.58. The number of hydrogen-bond donors (Lipinski definition) is 0. The Bertz CT molecular complexity index is 856. The summed E-state index contributed by atoms with van der Waals surface area (Å²) < 4.78 is 50.0. The fraction of sp³-hybridized carbons (Fsp3) is 0.333. The van der Waals surface area contributed by atoms with Gasteiger partial charge in [-0.25, -0.2) is 27.2 Å². The number of halogens is 2. The number of sulfone groups is 1. The molecule has 0 saturated heterocycles. The van der Waals surface area contributed by atoms with Gasteiger partial charge in [0.2, 0.25) is 15.0 Å². The van der Waals surface area contributed by atoms with Crippen molar-refractivity contribution in [3.05, 3.63) is 52.9 Å². The van der Waals surface area contributed by atoms with E-state index in [0.29, 0.717) is 30.8 Å². The molecule has 0 radical (unpaired) electrons. The second kappa shape index (κ2) is 5.93. The Morgan fingerprint density at radius 1 is 1.30 bits per heavy atom. The molecule has 0 amide bonds. The first-order chi connectivity index (χ1) is 10.8. The topological polar surface area (TPSA) is 63.2 Å². The van der Waals surface area contributed by atoms with Crippen LogP contribution in [0.3, 0.4) is 0 Å². The summed E-state index contributed by atoms with van der Waals surface area (Å²) in [5.74, 6) is -1.69. The first kappa shape index (κ1) is 15.9. The molecule has 2 heterocycles. The quantitative estimate of drug-likeness (QED) is 0.797. The third-order valence-corrected chi connectivity index (χ3v) is 4.61. The molecule has 23 heavy (non-hydrogen) atoms. The van der Waals surface area contributed by atoms with E-state index in [1.165, 1.54) is 12.3 Å². The molecule has 2 aromatic rings. The maximum atomic E-state index is 13.7. The van der Waals surface area contributed by atoms with Crippen LogP contribution in [0.5, 0.6) is 0 Å². The van der Waals surface area contributed by atoms with E-state index in [2.05, 4.69) is 9.97 Å². The molecular weight excluding hydrogens is 324 g/mol. The molecule has 0 unspecified atom stereocenters. The van der Waals surface area contributed by atoms with E-state index < -0.39 is 21.5 Å². The second-order valence-electron chi connectivity index (χ2n) is 5.57. The summed E-state index contributed by atoms with van der Waals surface area (Å²) in [7, 11) is -3.44. The molecule has 0 bridgehead atoms. The van der Waals surface area contributed by atoms with Crippen molar-refractivity contribution in [3.8, 4) is 0 Å². The van der Waals surface area contributed by atoms with Gasteiger partial charge in [-0.2, -0.15) is 0 Å². The van der Waals surface area contributed by atoms with E-state index in [0.717, 1.165) is 17.9 Å². The van der Waals surface area contributed by atoms with Crippen molar-refractivity contribution in [1.29, 1.82) is 0 Å². The molecule has 1 aromatic carbocycles. The molecular formula is C15H15F2N3O2S. The van der Waals surface area contributed by atoms with E-state index >= 15 is 0 Å². The van der Waals surface area contributed by atoms with Gasteiger partial charge in [0.1, 0.15) is 0 Å². The zero-order chi connectivity index (χ0) is 16.6. The maximum absolute atomic E-state index is 13.7. The monoisotopic (exact) mass is 339 g/mol. The van der Waals surface area contributed by atoms with Gasteiger partial charge in [0.05, 0.1) is 5.69 Å². The van der Waals surface area contributed by atoms with Crippen LogP contribution >= 0.6 is 0 Å². The minimum atomic E-state index is -3.44. The minimum Gasteiger partial charge on any atom is -0.294 e. The molecule has 0 aliphatic carbocycles. The summed E-state index contributed by atoms with van der Waals surface area (Å²) in [6.45, 7) is 1.33. The van der Waals surface area contributed by atoms with Crippen molar-refractivity contribution < 1.29 is 17.2 Å². The van der Waals surface area contributed by atoms with Crippen molar-refractivity contribution >= 4 is 9.84 Å². The van der Waals surface area contributed by atoms with Crippen LogP contribution in [-0.2, 0) is 29.3 Å². The highest BCUT2D eigenvalue weighted by Crippen LogP contribution is 2.21. The Morgan fingerprint density at radius 3 is 2.83 bits per heavy atom. The largest absolute Gasteiger partial charge is 0.294 e. The van der Waals surface area contributed by atoms with Crippen LogP contribution in [0, 0.1) is 11.6 Å². The number of nitrogens with zero attached hydrogens (tertiary/aromatic N) is 3. The van der Waals surface area contributed by atoms with Crippen molar-refractivity contribution in [3.63, 3.8) is 0 Å². The number of rotatable bonds is 3. The molecule has 0 atom stereocenters. The number of fused-ring (bicyclic) bond motifs is 1. The predicted octanol–water partition coefficient (Wildman–Crippen LogP) is 1.72. The van der Waals surface area contributed by atoms with Crippen LogP contribution in [0.2, 0.25) is 0 Å². The Hall–Kier alpha value is -1.93. The number of hydrogen-bond acceptors (Lipinski definition) is 5. The van der Waals surface area contributed by atoms with Gasteiger partial charge in [-0.05, 0) is 6.07 Å². The summed E-state index contributed by atoms with van der Waals surface area (Å²) in [5.41, 5.74) is 1.79. The highest BCUT2D eigenvalue weighted by atomic mass is 32.2. The molecule has 0 N–H and O–H groups in total. The lowest BCUT2D eigenvalue weighted by Gasteiger charge is -2.28. The van der Waals surface area contributed by atoms with Gasteiger partial charge in [-0.15, -0.1) is 0 Å². The molecule has 1 aliphatic rings. The third-order valence-electron chi connectivity index (χ3n) is 3.75. The van der Waals surface area contributed by atoms with E-state index in [4.69, 9.17) is 0 Å². The predicted molar refractivity (Wildman–Crippen MR) is 79.3 cm³/mol. The van der Waals surface area contributed by atoms with Gasteiger partial charge in [0.15, 0.2) is 11.6 Å². The Labute approximate surface area is 132 Å². The normalized spacial score (nSPS) is 15.4. The Morgan fingerprint density at radius 2 is 2.09 bits per heavy atom. The Kier molecular flexibility index (Phi) is 4.11. The lowest BCUT2D eigenvalue weighted by molar-refractivity contribution is 0.238. The molecule has 1 aromatic heterocycles. The van der Waals surface area contributed by atoms with Crippen LogP contribution < -0.4 is 0 Å². The van der Waals surface area contributed by atoms with Crippen molar-refractivity contribution in [2.45, 2.75) is 24.7 Å². The van der Waals surface area contributed by atoms with Gasteiger partial charge in [0.25, 0.3) is 0 Å². The van der Waals surface area contributed by atoms with Gasteiger partial charge >= 0.3 is 0 Å². The molecule has 122 valence electrons. The zero-order valence-electron chi connectivity index (χ0n) is 12.5. The summed E-state index contributed by atoms with van der Waals surface area (Å²) in [4.78, 5) is 9.92. The molecule has 1 aliphatic heterocycles. The van der Waals surface area contributed by atoms with E-state index in [1.807, 2.05) is 4.90 Å². The standard InChI is InChI=1S/C15H15F2N3O2S/c1-23(21,22)15-18-7-11-9-20(6-5-13(11)19-15)8-10-3-2-4-12(16)14(10)17/h2-4,7H,5-6,8-9H2,1H3. The SMILES string of the molecule is CS(=O)(=O)c1ncc2c(n1)CCN(Cc1cccc(F)c1F)C2. The number of aromatic nitrogens is 2. The van der Waals surface area contributed by atoms with Crippen molar-refractivity contribution in [2.24, 2.45) is 0 Å². The summed E-state index contributed by atoms with van der Waals surface area (Å²) in [6.07, 6.45) is 3.10. The second-order valence-corrected chi connectivity index (χ2v) is 7.48. The summed E-state index contributed by atoms with van der Waals surface area (Å²) >= 11 is 0. The van der Waals surface area contributed by atoms with Crippen LogP contribution in [0.4, 0.5) is 8.78 Å². The van der Waals surface area contributed by atoms with Gasteiger partial charge in [-0.3, -0.25) is 4.90 Å². The maximum Gasteiger partial charge on any atom is 0.246 e. The van der Waals surface area contributed by atoms with Crippen LogP contribution in [0.1, 0.15) is 16.8 Å². The minimum absolute atomic E-state index is 0.180. The average molecular weight is 339 g/mol. The smallest absolute Gasteiger partial charge is 0.246 e. The Balaban J connectivity index is 1.80. The fourth-order valence-corrected chi connectivity index (χ4v) is 3.10. The van der Waals surface area contributed by atoms with Gasteiger partial charge in [0, 0.05) is 49.6 Å². The van der Waals surface area contributed by atoms with Crippen molar-refractivity contribution in [2.75, 3.05) is 12.8 Å². The zero-order valence-corrected chi connectivity index (χ0v) is 13.3. The van der Waals surface area contributed by atoms with Crippen molar-refractivity contribution in [1.82, 2.24) is 14.9 Å². The van der Waals surface area contributed by atoms with Crippen LogP contribution in [0.25, 0.3) is 0 Å². The molecule has 0 saturated carbocycles. The first-order valence-corrected chi connectivity index (χ1v) is 8.94. The highest BCUT2D eigenvalue weighted by Gasteiger charge is 2.22. The van der Waals surface area contributed by atoms with E-state index in [1.54, 1.807) is 6.07 Å². The van der Waals surface area contributed by atoms with Crippen LogP contribution in [0.15, 0.2) is 29.6 Å². The molecule has 0 fully saturated rings. The van der Waals surface area contributed by atoms with E-state index in [-0.39, 0.29) is 11.7 Å². The molecule has 5 nitrogen and oxygen atoms in total. The molecule has 0 spiro atoms. The summed E-state index contributed by atoms with van der Waals surface area (Å²) in [5, 5.41) is -0.180. The first-order valence-electron chi connectivity index (χ1n) is 7.04. The third kappa shape index (κ3) is 3.37. The lowest BCUT2D eigenvalue weighted by atomic mass is 10.1.